The maximum Gasteiger partial charge on any atom is 0.506 e. The van der Waals surface area contributed by atoms with Gasteiger partial charge >= 0.3 is 6.16 Å². The van der Waals surface area contributed by atoms with Crippen LogP contribution in [0, 0.1) is 0 Å². The van der Waals surface area contributed by atoms with Gasteiger partial charge in [0.25, 0.3) is 0 Å². The molecule has 0 aliphatic heterocycles. The Morgan fingerprint density at radius 2 is 2.29 bits per heavy atom. The Bertz CT molecular complexity index is 560. The van der Waals surface area contributed by atoms with E-state index in [9.17, 15) is 4.79 Å². The van der Waals surface area contributed by atoms with Gasteiger partial charge in [-0.2, -0.15) is 0 Å². The van der Waals surface area contributed by atoms with Crippen molar-refractivity contribution >= 4 is 28.7 Å². The van der Waals surface area contributed by atoms with E-state index in [4.69, 9.17) is 25.9 Å². The molecule has 0 bridgehead atoms. The van der Waals surface area contributed by atoms with Crippen LogP contribution >= 0.6 is 11.6 Å². The number of hydrogen-bond donors (Lipinski definition) is 1. The fourth-order valence-electron chi connectivity index (χ4n) is 1.47. The Balaban J connectivity index is 2.36. The van der Waals surface area contributed by atoms with Gasteiger partial charge in [0.2, 0.25) is 0 Å². The zero-order chi connectivity index (χ0) is 12.4. The van der Waals surface area contributed by atoms with Crippen LogP contribution in [-0.4, -0.2) is 18.4 Å². The molecular formula is C11H9ClO5. The summed E-state index contributed by atoms with van der Waals surface area (Å²) in [6.07, 6.45) is -1.35. The van der Waals surface area contributed by atoms with E-state index in [2.05, 4.69) is 4.74 Å². The van der Waals surface area contributed by atoms with E-state index in [1.54, 1.807) is 18.2 Å². The molecule has 1 N–H and O–H groups in total. The summed E-state index contributed by atoms with van der Waals surface area (Å²) in [6.45, 7) is -0.150. The molecule has 0 saturated heterocycles. The number of rotatable bonds is 3. The third-order valence-corrected chi connectivity index (χ3v) is 2.60. The lowest BCUT2D eigenvalue weighted by Crippen LogP contribution is -1.98. The number of hydrogen-bond acceptors (Lipinski definition) is 4. The van der Waals surface area contributed by atoms with Crippen LogP contribution in [0.3, 0.4) is 0 Å². The summed E-state index contributed by atoms with van der Waals surface area (Å²) in [7, 11) is 1.52. The fraction of sp³-hybridized carbons (Fsp3) is 0.182. The molecule has 0 unspecified atom stereocenters. The van der Waals surface area contributed by atoms with Crippen molar-refractivity contribution in [1.82, 2.24) is 0 Å². The molecule has 0 amide bonds. The average Bonchev–Trinajstić information content (AvgIpc) is 2.71. The summed E-state index contributed by atoms with van der Waals surface area (Å²) in [5.74, 6) is 0.920. The molecule has 1 aromatic heterocycles. The number of ether oxygens (including phenoxy) is 2. The van der Waals surface area contributed by atoms with Crippen molar-refractivity contribution in [3.63, 3.8) is 0 Å². The van der Waals surface area contributed by atoms with Gasteiger partial charge in [-0.3, -0.25) is 0 Å². The van der Waals surface area contributed by atoms with Crippen LogP contribution in [0.4, 0.5) is 4.79 Å². The quantitative estimate of drug-likeness (QED) is 0.854. The Morgan fingerprint density at radius 1 is 1.53 bits per heavy atom. The van der Waals surface area contributed by atoms with Crippen LogP contribution in [0.25, 0.3) is 11.0 Å². The minimum absolute atomic E-state index is 0.150. The summed E-state index contributed by atoms with van der Waals surface area (Å²) in [6, 6.07) is 5.00. The van der Waals surface area contributed by atoms with Crippen LogP contribution in [0.2, 0.25) is 5.02 Å². The number of methoxy groups -OCH3 is 1. The molecule has 2 aromatic rings. The average molecular weight is 257 g/mol. The van der Waals surface area contributed by atoms with Crippen molar-refractivity contribution in [2.45, 2.75) is 6.61 Å². The van der Waals surface area contributed by atoms with Crippen molar-refractivity contribution in [2.24, 2.45) is 0 Å². The maximum absolute atomic E-state index is 10.2. The van der Waals surface area contributed by atoms with Gasteiger partial charge in [-0.25, -0.2) is 4.79 Å². The number of fused-ring (bicyclic) bond motifs is 1. The van der Waals surface area contributed by atoms with Gasteiger partial charge in [0.15, 0.2) is 6.61 Å². The molecule has 1 aromatic carbocycles. The first-order valence-electron chi connectivity index (χ1n) is 4.72. The van der Waals surface area contributed by atoms with Crippen LogP contribution in [-0.2, 0) is 11.3 Å². The molecule has 17 heavy (non-hydrogen) atoms. The molecule has 0 aliphatic carbocycles. The predicted octanol–water partition coefficient (Wildman–Crippen LogP) is 3.29. The normalized spacial score (nSPS) is 10.5. The molecule has 0 saturated carbocycles. The first-order chi connectivity index (χ1) is 8.11. The van der Waals surface area contributed by atoms with Gasteiger partial charge in [0.1, 0.15) is 17.1 Å². The molecular weight excluding hydrogens is 248 g/mol. The molecule has 2 rings (SSSR count). The standard InChI is InChI=1S/C11H9ClO5/c1-15-9-3-2-8-7(10(9)12)4-6(17-8)5-16-11(13)14/h2-4H,5H2,1H3,(H,13,14). The van der Waals surface area contributed by atoms with Gasteiger partial charge in [0, 0.05) is 5.39 Å². The van der Waals surface area contributed by atoms with E-state index in [1.807, 2.05) is 0 Å². The summed E-state index contributed by atoms with van der Waals surface area (Å²) in [5, 5.41) is 9.46. The number of halogens is 1. The Labute approximate surface area is 101 Å². The van der Waals surface area contributed by atoms with Crippen molar-refractivity contribution in [3.05, 3.63) is 29.0 Å². The third-order valence-electron chi connectivity index (χ3n) is 2.21. The molecule has 1 heterocycles. The van der Waals surface area contributed by atoms with Crippen molar-refractivity contribution < 1.29 is 23.8 Å². The zero-order valence-electron chi connectivity index (χ0n) is 8.90. The van der Waals surface area contributed by atoms with Crippen molar-refractivity contribution in [2.75, 3.05) is 7.11 Å². The van der Waals surface area contributed by atoms with Crippen LogP contribution in [0.15, 0.2) is 22.6 Å². The molecule has 6 heteroatoms. The Morgan fingerprint density at radius 3 is 2.94 bits per heavy atom. The maximum atomic E-state index is 10.2. The summed E-state index contributed by atoms with van der Waals surface area (Å²) < 4.78 is 14.8. The first-order valence-corrected chi connectivity index (χ1v) is 5.10. The largest absolute Gasteiger partial charge is 0.506 e. The van der Waals surface area contributed by atoms with E-state index in [-0.39, 0.29) is 6.61 Å². The summed E-state index contributed by atoms with van der Waals surface area (Å²) in [4.78, 5) is 10.2. The molecule has 0 spiro atoms. The highest BCUT2D eigenvalue weighted by Crippen LogP contribution is 2.34. The van der Waals surface area contributed by atoms with E-state index >= 15 is 0 Å². The second kappa shape index (κ2) is 4.55. The lowest BCUT2D eigenvalue weighted by molar-refractivity contribution is 0.0797. The van der Waals surface area contributed by atoms with Gasteiger partial charge in [0.05, 0.1) is 12.1 Å². The van der Waals surface area contributed by atoms with E-state index in [1.165, 1.54) is 7.11 Å². The van der Waals surface area contributed by atoms with Crippen LogP contribution in [0.5, 0.6) is 5.75 Å². The predicted molar refractivity (Wildman–Crippen MR) is 60.6 cm³/mol. The molecule has 90 valence electrons. The van der Waals surface area contributed by atoms with E-state index in [0.717, 1.165) is 0 Å². The molecule has 5 nitrogen and oxygen atoms in total. The van der Waals surface area contributed by atoms with Gasteiger partial charge in [-0.1, -0.05) is 11.6 Å². The van der Waals surface area contributed by atoms with E-state index < -0.39 is 6.16 Å². The highest BCUT2D eigenvalue weighted by molar-refractivity contribution is 6.36. The number of carbonyl (C=O) groups is 1. The topological polar surface area (TPSA) is 68.9 Å². The van der Waals surface area contributed by atoms with Gasteiger partial charge in [-0.15, -0.1) is 0 Å². The lowest BCUT2D eigenvalue weighted by atomic mass is 10.2. The molecule has 0 radical (unpaired) electrons. The molecule has 0 aliphatic rings. The molecule has 0 atom stereocenters. The second-order valence-electron chi connectivity index (χ2n) is 3.26. The van der Waals surface area contributed by atoms with Crippen LogP contribution in [0.1, 0.15) is 5.76 Å². The number of carboxylic acid groups (broad SMARTS) is 1. The SMILES string of the molecule is COc1ccc2oc(COC(=O)O)cc2c1Cl. The smallest absolute Gasteiger partial charge is 0.495 e. The van der Waals surface area contributed by atoms with Gasteiger partial charge < -0.3 is 19.0 Å². The lowest BCUT2D eigenvalue weighted by Gasteiger charge is -2.01. The number of furan rings is 1. The van der Waals surface area contributed by atoms with Crippen molar-refractivity contribution in [1.29, 1.82) is 0 Å². The summed E-state index contributed by atoms with van der Waals surface area (Å²) in [5.41, 5.74) is 0.555. The van der Waals surface area contributed by atoms with Gasteiger partial charge in [-0.05, 0) is 18.2 Å². The minimum Gasteiger partial charge on any atom is -0.495 e. The Hall–Kier alpha value is -1.88. The second-order valence-corrected chi connectivity index (χ2v) is 3.64. The van der Waals surface area contributed by atoms with Crippen molar-refractivity contribution in [3.8, 4) is 5.75 Å². The third kappa shape index (κ3) is 2.29. The first kappa shape index (κ1) is 11.6. The summed E-state index contributed by atoms with van der Waals surface area (Å²) >= 11 is 6.08. The zero-order valence-corrected chi connectivity index (χ0v) is 9.65. The highest BCUT2D eigenvalue weighted by Gasteiger charge is 2.12. The monoisotopic (exact) mass is 256 g/mol. The van der Waals surface area contributed by atoms with E-state index in [0.29, 0.717) is 27.5 Å². The number of benzene rings is 1. The molecule has 0 fully saturated rings. The van der Waals surface area contributed by atoms with Crippen LogP contribution < -0.4 is 4.74 Å². The Kier molecular flexibility index (Phi) is 3.10. The highest BCUT2D eigenvalue weighted by atomic mass is 35.5. The fourth-order valence-corrected chi connectivity index (χ4v) is 1.76. The minimum atomic E-state index is -1.35.